The van der Waals surface area contributed by atoms with E-state index in [-0.39, 0.29) is 18.7 Å². The van der Waals surface area contributed by atoms with Gasteiger partial charge in [0.25, 0.3) is 11.8 Å². The second kappa shape index (κ2) is 11.7. The summed E-state index contributed by atoms with van der Waals surface area (Å²) >= 11 is 0. The lowest BCUT2D eigenvalue weighted by molar-refractivity contribution is -0.127. The number of amides is 3. The number of nitrogens with one attached hydrogen (secondary N) is 3. The molecule has 0 aliphatic rings. The summed E-state index contributed by atoms with van der Waals surface area (Å²) in [7, 11) is 0. The van der Waals surface area contributed by atoms with E-state index in [4.69, 9.17) is 5.73 Å². The highest BCUT2D eigenvalue weighted by atomic mass is 16.3. The van der Waals surface area contributed by atoms with Crippen molar-refractivity contribution in [1.29, 1.82) is 0 Å². The van der Waals surface area contributed by atoms with E-state index in [1.165, 1.54) is 6.07 Å². The SMILES string of the molecule is NC(=O)C[C@@H](NC(=O)c1ccc2ccccc2n1)C(=O)NNCC(O)CCc1ccccc1. The summed E-state index contributed by atoms with van der Waals surface area (Å²) < 4.78 is 0. The molecule has 3 amide bonds. The fourth-order valence-corrected chi connectivity index (χ4v) is 3.26. The van der Waals surface area contributed by atoms with Crippen molar-refractivity contribution in [3.8, 4) is 0 Å². The van der Waals surface area contributed by atoms with Crippen LogP contribution in [0.3, 0.4) is 0 Å². The normalized spacial score (nSPS) is 12.6. The number of aryl methyl sites for hydroxylation is 1. The molecule has 0 spiro atoms. The van der Waals surface area contributed by atoms with E-state index in [1.807, 2.05) is 42.5 Å². The van der Waals surface area contributed by atoms with Crippen LogP contribution in [-0.4, -0.2) is 46.5 Å². The highest BCUT2D eigenvalue weighted by Crippen LogP contribution is 2.12. The van der Waals surface area contributed by atoms with Gasteiger partial charge in [0.15, 0.2) is 0 Å². The molecule has 0 bridgehead atoms. The number of rotatable bonds is 11. The molecule has 1 unspecified atom stereocenters. The molecule has 9 heteroatoms. The van der Waals surface area contributed by atoms with Gasteiger partial charge >= 0.3 is 0 Å². The highest BCUT2D eigenvalue weighted by molar-refractivity contribution is 5.98. The Kier molecular flexibility index (Phi) is 8.45. The Morgan fingerprint density at radius 1 is 0.970 bits per heavy atom. The van der Waals surface area contributed by atoms with Crippen LogP contribution in [0.25, 0.3) is 10.9 Å². The van der Waals surface area contributed by atoms with Crippen molar-refractivity contribution >= 4 is 28.6 Å². The van der Waals surface area contributed by atoms with Crippen molar-refractivity contribution in [2.45, 2.75) is 31.4 Å². The van der Waals surface area contributed by atoms with Gasteiger partial charge in [0.1, 0.15) is 11.7 Å². The van der Waals surface area contributed by atoms with Gasteiger partial charge in [0, 0.05) is 11.9 Å². The summed E-state index contributed by atoms with van der Waals surface area (Å²) in [5.74, 6) is -2.01. The number of carbonyl (C=O) groups is 3. The van der Waals surface area contributed by atoms with E-state index in [2.05, 4.69) is 21.2 Å². The van der Waals surface area contributed by atoms with Crippen molar-refractivity contribution < 1.29 is 19.5 Å². The first kappa shape index (κ1) is 23.8. The Morgan fingerprint density at radius 2 is 1.70 bits per heavy atom. The Bertz CT molecular complexity index is 1110. The van der Waals surface area contributed by atoms with E-state index in [0.717, 1.165) is 10.9 Å². The number of benzene rings is 2. The van der Waals surface area contributed by atoms with Crippen molar-refractivity contribution in [3.63, 3.8) is 0 Å². The van der Waals surface area contributed by atoms with Crippen LogP contribution >= 0.6 is 0 Å². The van der Waals surface area contributed by atoms with E-state index in [1.54, 1.807) is 18.2 Å². The van der Waals surface area contributed by atoms with Gasteiger partial charge < -0.3 is 16.2 Å². The number of fused-ring (bicyclic) bond motifs is 1. The summed E-state index contributed by atoms with van der Waals surface area (Å²) in [5, 5.41) is 13.5. The summed E-state index contributed by atoms with van der Waals surface area (Å²) in [5.41, 5.74) is 12.1. The van der Waals surface area contributed by atoms with Gasteiger partial charge in [0.05, 0.1) is 18.0 Å². The van der Waals surface area contributed by atoms with Gasteiger partial charge in [-0.05, 0) is 30.5 Å². The molecule has 172 valence electrons. The zero-order valence-corrected chi connectivity index (χ0v) is 18.0. The number of nitrogens with zero attached hydrogens (tertiary/aromatic N) is 1. The van der Waals surface area contributed by atoms with Crippen molar-refractivity contribution in [2.24, 2.45) is 5.73 Å². The van der Waals surface area contributed by atoms with E-state index in [0.29, 0.717) is 18.4 Å². The number of para-hydroxylation sites is 1. The minimum atomic E-state index is -1.20. The molecule has 6 N–H and O–H groups in total. The molecule has 0 aliphatic carbocycles. The summed E-state index contributed by atoms with van der Waals surface area (Å²) in [6, 6.07) is 19.1. The van der Waals surface area contributed by atoms with Gasteiger partial charge in [-0.1, -0.05) is 54.6 Å². The van der Waals surface area contributed by atoms with Crippen LogP contribution in [0.15, 0.2) is 66.7 Å². The highest BCUT2D eigenvalue weighted by Gasteiger charge is 2.24. The number of hydrogen-bond donors (Lipinski definition) is 5. The van der Waals surface area contributed by atoms with Crippen molar-refractivity contribution in [3.05, 3.63) is 78.0 Å². The maximum atomic E-state index is 12.6. The second-order valence-electron chi connectivity index (χ2n) is 7.63. The number of aliphatic hydroxyl groups excluding tert-OH is 1. The Labute approximate surface area is 191 Å². The predicted molar refractivity (Wildman–Crippen MR) is 124 cm³/mol. The first-order chi connectivity index (χ1) is 15.9. The number of hydrazine groups is 1. The summed E-state index contributed by atoms with van der Waals surface area (Å²) in [6.45, 7) is 0.0992. The van der Waals surface area contributed by atoms with Crippen LogP contribution in [-0.2, 0) is 16.0 Å². The number of aliphatic hydroxyl groups is 1. The number of hydrogen-bond acceptors (Lipinski definition) is 6. The van der Waals surface area contributed by atoms with Gasteiger partial charge in [-0.2, -0.15) is 0 Å². The number of aromatic nitrogens is 1. The largest absolute Gasteiger partial charge is 0.392 e. The van der Waals surface area contributed by atoms with Crippen molar-refractivity contribution in [1.82, 2.24) is 21.2 Å². The molecular formula is C24H27N5O4. The smallest absolute Gasteiger partial charge is 0.270 e. The zero-order valence-electron chi connectivity index (χ0n) is 18.0. The lowest BCUT2D eigenvalue weighted by atomic mass is 10.1. The maximum absolute atomic E-state index is 12.6. The van der Waals surface area contributed by atoms with Gasteiger partial charge in [-0.25, -0.2) is 10.4 Å². The fraction of sp³-hybridized carbons (Fsp3) is 0.250. The van der Waals surface area contributed by atoms with Crippen LogP contribution in [0.1, 0.15) is 28.9 Å². The summed E-state index contributed by atoms with van der Waals surface area (Å²) in [6.07, 6.45) is 0.110. The summed E-state index contributed by atoms with van der Waals surface area (Å²) in [4.78, 5) is 40.9. The molecular weight excluding hydrogens is 422 g/mol. The zero-order chi connectivity index (χ0) is 23.6. The average molecular weight is 450 g/mol. The third-order valence-electron chi connectivity index (χ3n) is 5.02. The van der Waals surface area contributed by atoms with Gasteiger partial charge in [-0.3, -0.25) is 19.8 Å². The quantitative estimate of drug-likeness (QED) is 0.274. The standard InChI is InChI=1S/C24H27N5O4/c25-22(31)14-21(28-23(32)20-13-11-17-8-4-5-9-19(17)27-20)24(33)29-26-15-18(30)12-10-16-6-2-1-3-7-16/h1-9,11,13,18,21,26,30H,10,12,14-15H2,(H2,25,31)(H,28,32)(H,29,33)/t18?,21-/m1/s1. The molecule has 0 saturated heterocycles. The number of carbonyl (C=O) groups excluding carboxylic acids is 3. The maximum Gasteiger partial charge on any atom is 0.270 e. The minimum Gasteiger partial charge on any atom is -0.392 e. The molecule has 0 fully saturated rings. The van der Waals surface area contributed by atoms with E-state index < -0.39 is 29.9 Å². The van der Waals surface area contributed by atoms with Gasteiger partial charge in [0.2, 0.25) is 5.91 Å². The van der Waals surface area contributed by atoms with Crippen molar-refractivity contribution in [2.75, 3.05) is 6.54 Å². The monoisotopic (exact) mass is 449 g/mol. The van der Waals surface area contributed by atoms with Crippen LogP contribution in [0.5, 0.6) is 0 Å². The predicted octanol–water partition coefficient (Wildman–Crippen LogP) is 0.823. The third kappa shape index (κ3) is 7.37. The second-order valence-corrected chi connectivity index (χ2v) is 7.63. The molecule has 3 aromatic rings. The van der Waals surface area contributed by atoms with Crippen LogP contribution in [0, 0.1) is 0 Å². The molecule has 2 aromatic carbocycles. The van der Waals surface area contributed by atoms with Crippen LogP contribution in [0.2, 0.25) is 0 Å². The topological polar surface area (TPSA) is 146 Å². The van der Waals surface area contributed by atoms with Crippen LogP contribution in [0.4, 0.5) is 0 Å². The minimum absolute atomic E-state index is 0.0992. The molecule has 3 rings (SSSR count). The number of pyridine rings is 1. The molecule has 0 aliphatic heterocycles. The average Bonchev–Trinajstić information content (AvgIpc) is 2.82. The molecule has 0 saturated carbocycles. The Hall–Kier alpha value is -3.82. The Morgan fingerprint density at radius 3 is 2.45 bits per heavy atom. The van der Waals surface area contributed by atoms with Gasteiger partial charge in [-0.15, -0.1) is 0 Å². The number of nitrogens with two attached hydrogens (primary N) is 1. The molecule has 1 heterocycles. The lowest BCUT2D eigenvalue weighted by Crippen LogP contribution is -2.53. The molecule has 9 nitrogen and oxygen atoms in total. The molecule has 33 heavy (non-hydrogen) atoms. The molecule has 0 radical (unpaired) electrons. The molecule has 1 aromatic heterocycles. The van der Waals surface area contributed by atoms with E-state index in [9.17, 15) is 19.5 Å². The molecule has 2 atom stereocenters. The fourth-order valence-electron chi connectivity index (χ4n) is 3.26. The third-order valence-corrected chi connectivity index (χ3v) is 5.02. The lowest BCUT2D eigenvalue weighted by Gasteiger charge is -2.18. The Balaban J connectivity index is 1.52. The van der Waals surface area contributed by atoms with E-state index >= 15 is 0 Å². The number of primary amides is 1. The van der Waals surface area contributed by atoms with Crippen LogP contribution < -0.4 is 21.9 Å². The first-order valence-corrected chi connectivity index (χ1v) is 10.6. The first-order valence-electron chi connectivity index (χ1n) is 10.6.